The third-order valence-electron chi connectivity index (χ3n) is 4.06. The number of aromatic hydroxyl groups is 1. The summed E-state index contributed by atoms with van der Waals surface area (Å²) < 4.78 is 16.4. The molecule has 0 aliphatic carbocycles. The largest absolute Gasteiger partial charge is 0.508 e. The number of ether oxygens (including phenoxy) is 2. The topological polar surface area (TPSA) is 77.6 Å². The minimum atomic E-state index is -0.551. The van der Waals surface area contributed by atoms with E-state index in [1.807, 2.05) is 13.0 Å². The van der Waals surface area contributed by atoms with Crippen LogP contribution in [0.5, 0.6) is 5.75 Å². The summed E-state index contributed by atoms with van der Waals surface area (Å²) >= 11 is 0. The smallest absolute Gasteiger partial charge is 0.258 e. The summed E-state index contributed by atoms with van der Waals surface area (Å²) in [6.07, 6.45) is 1.39. The molecular formula is C15H18N2O4. The Morgan fingerprint density at radius 3 is 2.76 bits per heavy atom. The second-order valence-electron chi connectivity index (χ2n) is 5.18. The van der Waals surface area contributed by atoms with Gasteiger partial charge in [0.2, 0.25) is 5.82 Å². The molecule has 1 N–H and O–H groups in total. The van der Waals surface area contributed by atoms with Crippen molar-refractivity contribution >= 4 is 0 Å². The second kappa shape index (κ2) is 5.46. The summed E-state index contributed by atoms with van der Waals surface area (Å²) in [5.74, 6) is 1.13. The van der Waals surface area contributed by atoms with E-state index in [1.54, 1.807) is 19.2 Å². The van der Waals surface area contributed by atoms with Gasteiger partial charge in [-0.2, -0.15) is 4.98 Å². The molecule has 0 spiro atoms. The van der Waals surface area contributed by atoms with Crippen LogP contribution in [0.2, 0.25) is 0 Å². The van der Waals surface area contributed by atoms with E-state index in [4.69, 9.17) is 14.0 Å². The molecule has 1 saturated heterocycles. The highest BCUT2D eigenvalue weighted by Gasteiger charge is 2.39. The first kappa shape index (κ1) is 14.0. The Kier molecular flexibility index (Phi) is 3.65. The molecule has 1 fully saturated rings. The fourth-order valence-corrected chi connectivity index (χ4v) is 2.59. The van der Waals surface area contributed by atoms with Crippen LogP contribution in [0.4, 0.5) is 0 Å². The summed E-state index contributed by atoms with van der Waals surface area (Å²) in [7, 11) is 1.65. The summed E-state index contributed by atoms with van der Waals surface area (Å²) in [5, 5.41) is 13.9. The molecule has 2 heterocycles. The first-order chi connectivity index (χ1) is 10.2. The summed E-state index contributed by atoms with van der Waals surface area (Å²) in [5.41, 5.74) is 0.892. The number of aromatic nitrogens is 2. The summed E-state index contributed by atoms with van der Waals surface area (Å²) in [6, 6.07) is 5.23. The first-order valence-corrected chi connectivity index (χ1v) is 6.92. The van der Waals surface area contributed by atoms with E-state index in [2.05, 4.69) is 10.1 Å². The van der Waals surface area contributed by atoms with Crippen LogP contribution in [-0.2, 0) is 15.1 Å². The zero-order valence-electron chi connectivity index (χ0n) is 12.1. The Bertz CT molecular complexity index is 632. The van der Waals surface area contributed by atoms with Crippen LogP contribution in [-0.4, -0.2) is 35.6 Å². The minimum Gasteiger partial charge on any atom is -0.508 e. The minimum absolute atomic E-state index is 0.208. The van der Waals surface area contributed by atoms with Crippen molar-refractivity contribution in [1.82, 2.24) is 10.1 Å². The van der Waals surface area contributed by atoms with Crippen LogP contribution >= 0.6 is 0 Å². The maximum atomic E-state index is 9.78. The van der Waals surface area contributed by atoms with Crippen molar-refractivity contribution in [2.45, 2.75) is 25.4 Å². The quantitative estimate of drug-likeness (QED) is 0.935. The van der Waals surface area contributed by atoms with E-state index in [1.165, 1.54) is 0 Å². The molecule has 0 amide bonds. The molecule has 0 saturated carbocycles. The number of benzene rings is 1. The Balaban J connectivity index is 1.98. The van der Waals surface area contributed by atoms with Gasteiger partial charge in [-0.25, -0.2) is 0 Å². The number of hydrogen-bond donors (Lipinski definition) is 1. The van der Waals surface area contributed by atoms with Crippen molar-refractivity contribution in [1.29, 1.82) is 0 Å². The molecule has 1 aliphatic heterocycles. The van der Waals surface area contributed by atoms with Gasteiger partial charge >= 0.3 is 0 Å². The van der Waals surface area contributed by atoms with Gasteiger partial charge in [0.25, 0.3) is 5.89 Å². The van der Waals surface area contributed by atoms with Crippen LogP contribution < -0.4 is 0 Å². The normalized spacial score (nSPS) is 17.8. The maximum Gasteiger partial charge on any atom is 0.258 e. The van der Waals surface area contributed by atoms with E-state index < -0.39 is 5.60 Å². The van der Waals surface area contributed by atoms with E-state index >= 15 is 0 Å². The standard InChI is InChI=1S/C15H18N2O4/c1-10-11(4-3-5-12(10)18)13-16-14(17-21-13)15(19-2)6-8-20-9-7-15/h3-5,18H,6-9H2,1-2H3. The van der Waals surface area contributed by atoms with Crippen molar-refractivity contribution < 1.29 is 19.1 Å². The third-order valence-corrected chi connectivity index (χ3v) is 4.06. The molecule has 0 bridgehead atoms. The van der Waals surface area contributed by atoms with E-state index in [0.29, 0.717) is 43.3 Å². The third kappa shape index (κ3) is 2.41. The molecule has 1 aliphatic rings. The highest BCUT2D eigenvalue weighted by Crippen LogP contribution is 2.35. The number of nitrogens with zero attached hydrogens (tertiary/aromatic N) is 2. The fraction of sp³-hybridized carbons (Fsp3) is 0.467. The van der Waals surface area contributed by atoms with Gasteiger partial charge in [0.05, 0.1) is 0 Å². The first-order valence-electron chi connectivity index (χ1n) is 6.92. The van der Waals surface area contributed by atoms with Crippen LogP contribution in [0.25, 0.3) is 11.5 Å². The number of phenols is 1. The lowest BCUT2D eigenvalue weighted by Gasteiger charge is -2.32. The van der Waals surface area contributed by atoms with Gasteiger partial charge in [0, 0.05) is 44.3 Å². The van der Waals surface area contributed by atoms with Gasteiger partial charge in [-0.3, -0.25) is 0 Å². The molecule has 21 heavy (non-hydrogen) atoms. The average Bonchev–Trinajstić information content (AvgIpc) is 3.01. The van der Waals surface area contributed by atoms with Crippen molar-refractivity contribution in [3.63, 3.8) is 0 Å². The predicted molar refractivity (Wildman–Crippen MR) is 74.9 cm³/mol. The van der Waals surface area contributed by atoms with Crippen molar-refractivity contribution in [2.75, 3.05) is 20.3 Å². The monoisotopic (exact) mass is 290 g/mol. The molecule has 0 radical (unpaired) electrons. The average molecular weight is 290 g/mol. The van der Waals surface area contributed by atoms with Gasteiger partial charge in [-0.05, 0) is 19.1 Å². The van der Waals surface area contributed by atoms with Crippen LogP contribution in [0.15, 0.2) is 22.7 Å². The highest BCUT2D eigenvalue weighted by molar-refractivity contribution is 5.61. The lowest BCUT2D eigenvalue weighted by atomic mass is 9.93. The molecule has 2 aromatic rings. The van der Waals surface area contributed by atoms with Crippen LogP contribution in [0.3, 0.4) is 0 Å². The molecule has 1 aromatic carbocycles. The second-order valence-corrected chi connectivity index (χ2v) is 5.18. The highest BCUT2D eigenvalue weighted by atomic mass is 16.5. The van der Waals surface area contributed by atoms with Crippen molar-refractivity contribution in [3.05, 3.63) is 29.6 Å². The van der Waals surface area contributed by atoms with Crippen LogP contribution in [0, 0.1) is 6.92 Å². The zero-order chi connectivity index (χ0) is 14.9. The lowest BCUT2D eigenvalue weighted by molar-refractivity contribution is -0.101. The molecule has 112 valence electrons. The van der Waals surface area contributed by atoms with E-state index in [0.717, 1.165) is 5.56 Å². The molecule has 0 unspecified atom stereocenters. The zero-order valence-corrected chi connectivity index (χ0v) is 12.1. The van der Waals surface area contributed by atoms with Gasteiger partial charge in [-0.15, -0.1) is 0 Å². The molecule has 0 atom stereocenters. The van der Waals surface area contributed by atoms with Gasteiger partial charge in [0.1, 0.15) is 11.4 Å². The Hall–Kier alpha value is -1.92. The van der Waals surface area contributed by atoms with Gasteiger partial charge in [-0.1, -0.05) is 11.2 Å². The van der Waals surface area contributed by atoms with E-state index in [9.17, 15) is 5.11 Å². The molecule has 1 aromatic heterocycles. The number of rotatable bonds is 3. The van der Waals surface area contributed by atoms with Crippen LogP contribution in [0.1, 0.15) is 24.2 Å². The fourth-order valence-electron chi connectivity index (χ4n) is 2.59. The van der Waals surface area contributed by atoms with Gasteiger partial charge in [0.15, 0.2) is 0 Å². The van der Waals surface area contributed by atoms with Crippen molar-refractivity contribution in [3.8, 4) is 17.2 Å². The summed E-state index contributed by atoms with van der Waals surface area (Å²) in [4.78, 5) is 4.48. The molecule has 3 rings (SSSR count). The van der Waals surface area contributed by atoms with Gasteiger partial charge < -0.3 is 19.1 Å². The summed E-state index contributed by atoms with van der Waals surface area (Å²) in [6.45, 7) is 3.04. The Morgan fingerprint density at radius 2 is 2.05 bits per heavy atom. The number of methoxy groups -OCH3 is 1. The number of phenolic OH excluding ortho intramolecular Hbond substituents is 1. The molecule has 6 heteroatoms. The SMILES string of the molecule is COC1(c2noc(-c3cccc(O)c3C)n2)CCOCC1. The molecular weight excluding hydrogens is 272 g/mol. The van der Waals surface area contributed by atoms with Crippen molar-refractivity contribution in [2.24, 2.45) is 0 Å². The predicted octanol–water partition coefficient (Wildman–Crippen LogP) is 2.40. The number of hydrogen-bond acceptors (Lipinski definition) is 6. The Morgan fingerprint density at radius 1 is 1.29 bits per heavy atom. The Labute approximate surface area is 122 Å². The molecule has 6 nitrogen and oxygen atoms in total. The maximum absolute atomic E-state index is 9.78. The lowest BCUT2D eigenvalue weighted by Crippen LogP contribution is -2.36. The van der Waals surface area contributed by atoms with E-state index in [-0.39, 0.29) is 5.75 Å².